The molecule has 1 fully saturated rings. The first-order chi connectivity index (χ1) is 12.0. The van der Waals surface area contributed by atoms with Gasteiger partial charge in [-0.3, -0.25) is 4.79 Å². The lowest BCUT2D eigenvalue weighted by Crippen LogP contribution is -2.25. The van der Waals surface area contributed by atoms with Crippen LogP contribution in [-0.2, 0) is 9.53 Å². The maximum Gasteiger partial charge on any atom is 0.358 e. The van der Waals surface area contributed by atoms with Crippen molar-refractivity contribution in [2.24, 2.45) is 5.92 Å². The summed E-state index contributed by atoms with van der Waals surface area (Å²) in [6.45, 7) is 5.19. The highest BCUT2D eigenvalue weighted by atomic mass is 19.1. The van der Waals surface area contributed by atoms with Crippen LogP contribution >= 0.6 is 0 Å². The predicted octanol–water partition coefficient (Wildman–Crippen LogP) is 2.35. The zero-order valence-corrected chi connectivity index (χ0v) is 14.2. The van der Waals surface area contributed by atoms with Gasteiger partial charge in [-0.25, -0.2) is 13.9 Å². The molecule has 0 bridgehead atoms. The van der Waals surface area contributed by atoms with Crippen molar-refractivity contribution in [2.75, 3.05) is 19.7 Å². The zero-order chi connectivity index (χ0) is 18.0. The molecular formula is C18H20FN3O3. The monoisotopic (exact) mass is 345 g/mol. The van der Waals surface area contributed by atoms with E-state index in [1.165, 1.54) is 16.8 Å². The Hall–Kier alpha value is -2.70. The van der Waals surface area contributed by atoms with Gasteiger partial charge in [0.1, 0.15) is 5.82 Å². The van der Waals surface area contributed by atoms with E-state index in [4.69, 9.17) is 4.74 Å². The first kappa shape index (κ1) is 17.1. The van der Waals surface area contributed by atoms with Crippen LogP contribution in [0.5, 0.6) is 0 Å². The Morgan fingerprint density at radius 3 is 2.88 bits per heavy atom. The van der Waals surface area contributed by atoms with Crippen molar-refractivity contribution in [3.05, 3.63) is 47.5 Å². The Kier molecular flexibility index (Phi) is 4.83. The average Bonchev–Trinajstić information content (AvgIpc) is 3.19. The van der Waals surface area contributed by atoms with Gasteiger partial charge in [-0.15, -0.1) is 0 Å². The van der Waals surface area contributed by atoms with E-state index < -0.39 is 5.97 Å². The number of ether oxygens (including phenoxy) is 1. The molecule has 2 heterocycles. The number of halogens is 1. The predicted molar refractivity (Wildman–Crippen MR) is 88.9 cm³/mol. The normalized spacial score (nSPS) is 17.2. The summed E-state index contributed by atoms with van der Waals surface area (Å²) in [5.41, 5.74) is 1.59. The van der Waals surface area contributed by atoms with Gasteiger partial charge in [-0.2, -0.15) is 5.10 Å². The summed E-state index contributed by atoms with van der Waals surface area (Å²) < 4.78 is 20.0. The van der Waals surface area contributed by atoms with Gasteiger partial charge < -0.3 is 9.64 Å². The number of aromatic nitrogens is 2. The van der Waals surface area contributed by atoms with Crippen LogP contribution in [0.15, 0.2) is 30.5 Å². The Labute approximate surface area is 145 Å². The van der Waals surface area contributed by atoms with Crippen molar-refractivity contribution in [3.8, 4) is 5.69 Å². The lowest BCUT2D eigenvalue weighted by atomic mass is 10.1. The topological polar surface area (TPSA) is 64.4 Å². The molecule has 132 valence electrons. The number of amides is 1. The minimum absolute atomic E-state index is 0.0258. The molecule has 0 spiro atoms. The molecule has 0 aliphatic carbocycles. The van der Waals surface area contributed by atoms with Crippen LogP contribution in [0.3, 0.4) is 0 Å². The summed E-state index contributed by atoms with van der Waals surface area (Å²) in [6.07, 6.45) is 2.04. The molecule has 3 rings (SSSR count). The lowest BCUT2D eigenvalue weighted by Gasteiger charge is -2.13. The fourth-order valence-corrected chi connectivity index (χ4v) is 2.98. The van der Waals surface area contributed by atoms with Gasteiger partial charge in [-0.05, 0) is 43.7 Å². The Balaban J connectivity index is 1.62. The smallest absolute Gasteiger partial charge is 0.358 e. The molecule has 1 aromatic heterocycles. The number of nitrogens with zero attached hydrogens (tertiary/aromatic N) is 3. The van der Waals surface area contributed by atoms with Crippen LogP contribution in [-0.4, -0.2) is 46.3 Å². The average molecular weight is 345 g/mol. The van der Waals surface area contributed by atoms with E-state index in [0.717, 1.165) is 0 Å². The van der Waals surface area contributed by atoms with Crippen LogP contribution in [0.2, 0.25) is 0 Å². The Morgan fingerprint density at radius 2 is 2.20 bits per heavy atom. The molecule has 1 aliphatic rings. The number of esters is 1. The van der Waals surface area contributed by atoms with Gasteiger partial charge in [0.2, 0.25) is 5.91 Å². The Morgan fingerprint density at radius 1 is 1.40 bits per heavy atom. The molecule has 0 radical (unpaired) electrons. The van der Waals surface area contributed by atoms with Gasteiger partial charge in [0.05, 0.1) is 12.3 Å². The second-order valence-electron chi connectivity index (χ2n) is 6.18. The molecule has 0 N–H and O–H groups in total. The number of hydrogen-bond acceptors (Lipinski definition) is 4. The van der Waals surface area contributed by atoms with E-state index in [1.54, 1.807) is 30.2 Å². The largest absolute Gasteiger partial charge is 0.461 e. The number of aryl methyl sites for hydroxylation is 1. The third-order valence-corrected chi connectivity index (χ3v) is 4.33. The summed E-state index contributed by atoms with van der Waals surface area (Å²) in [4.78, 5) is 25.6. The van der Waals surface area contributed by atoms with Crippen LogP contribution in [0.1, 0.15) is 29.4 Å². The van der Waals surface area contributed by atoms with Crippen LogP contribution in [0, 0.1) is 18.7 Å². The van der Waals surface area contributed by atoms with Gasteiger partial charge in [0.25, 0.3) is 0 Å². The number of benzene rings is 1. The second kappa shape index (κ2) is 7.04. The van der Waals surface area contributed by atoms with E-state index in [0.29, 0.717) is 30.8 Å². The first-order valence-corrected chi connectivity index (χ1v) is 8.25. The number of carbonyl (C=O) groups excluding carboxylic acids is 2. The quantitative estimate of drug-likeness (QED) is 0.781. The van der Waals surface area contributed by atoms with Crippen molar-refractivity contribution >= 4 is 11.9 Å². The van der Waals surface area contributed by atoms with Crippen molar-refractivity contribution in [3.63, 3.8) is 0 Å². The van der Waals surface area contributed by atoms with Gasteiger partial charge in [0.15, 0.2) is 5.69 Å². The maximum absolute atomic E-state index is 13.2. The third-order valence-electron chi connectivity index (χ3n) is 4.33. The number of rotatable bonds is 5. The van der Waals surface area contributed by atoms with Crippen LogP contribution in [0.4, 0.5) is 4.39 Å². The highest BCUT2D eigenvalue weighted by Gasteiger charge is 2.29. The summed E-state index contributed by atoms with van der Waals surface area (Å²) in [6, 6.07) is 5.92. The molecule has 1 unspecified atom stereocenters. The number of likely N-dealkylation sites (tertiary alicyclic amines) is 1. The molecule has 0 saturated carbocycles. The summed E-state index contributed by atoms with van der Waals surface area (Å²) in [5.74, 6) is -0.723. The van der Waals surface area contributed by atoms with Crippen LogP contribution in [0.25, 0.3) is 5.69 Å². The highest BCUT2D eigenvalue weighted by molar-refractivity contribution is 5.87. The van der Waals surface area contributed by atoms with Crippen molar-refractivity contribution in [2.45, 2.75) is 20.3 Å². The highest BCUT2D eigenvalue weighted by Crippen LogP contribution is 2.19. The molecular weight excluding hydrogens is 325 g/mol. The van der Waals surface area contributed by atoms with Crippen molar-refractivity contribution < 1.29 is 18.7 Å². The lowest BCUT2D eigenvalue weighted by molar-refractivity contribution is -0.127. The fourth-order valence-electron chi connectivity index (χ4n) is 2.98. The van der Waals surface area contributed by atoms with E-state index in [-0.39, 0.29) is 29.9 Å². The molecule has 25 heavy (non-hydrogen) atoms. The van der Waals surface area contributed by atoms with E-state index in [1.807, 2.05) is 6.92 Å². The van der Waals surface area contributed by atoms with E-state index in [2.05, 4.69) is 5.10 Å². The first-order valence-electron chi connectivity index (χ1n) is 8.25. The third kappa shape index (κ3) is 3.70. The molecule has 2 aromatic rings. The molecule has 1 amide bonds. The molecule has 6 nitrogen and oxygen atoms in total. The maximum atomic E-state index is 13.2. The minimum Gasteiger partial charge on any atom is -0.461 e. The molecule has 1 aliphatic heterocycles. The fraction of sp³-hybridized carbons (Fsp3) is 0.389. The molecule has 1 atom stereocenters. The van der Waals surface area contributed by atoms with Gasteiger partial charge in [-0.1, -0.05) is 0 Å². The number of hydrogen-bond donors (Lipinski definition) is 0. The Bertz CT molecular complexity index is 803. The van der Waals surface area contributed by atoms with Crippen LogP contribution < -0.4 is 0 Å². The van der Waals surface area contributed by atoms with E-state index in [9.17, 15) is 14.0 Å². The molecule has 7 heteroatoms. The zero-order valence-electron chi connectivity index (χ0n) is 14.2. The second-order valence-corrected chi connectivity index (χ2v) is 6.18. The molecule has 1 aromatic carbocycles. The summed E-state index contributed by atoms with van der Waals surface area (Å²) >= 11 is 0. The molecule has 1 saturated heterocycles. The van der Waals surface area contributed by atoms with Crippen molar-refractivity contribution in [1.82, 2.24) is 14.7 Å². The minimum atomic E-state index is -0.527. The SMILES string of the molecule is CCN1CC(COC(=O)c2ccn(-c3ccc(F)cc3C)n2)CC1=O. The van der Waals surface area contributed by atoms with Gasteiger partial charge in [0, 0.05) is 31.6 Å². The summed E-state index contributed by atoms with van der Waals surface area (Å²) in [7, 11) is 0. The number of carbonyl (C=O) groups is 2. The van der Waals surface area contributed by atoms with Gasteiger partial charge >= 0.3 is 5.97 Å². The van der Waals surface area contributed by atoms with E-state index >= 15 is 0 Å². The standard InChI is InChI=1S/C18H20FN3O3/c1-3-21-10-13(9-17(21)23)11-25-18(24)15-6-7-22(20-15)16-5-4-14(19)8-12(16)2/h4-8,13H,3,9-11H2,1-2H3. The summed E-state index contributed by atoms with van der Waals surface area (Å²) in [5, 5.41) is 4.20. The van der Waals surface area contributed by atoms with Crippen molar-refractivity contribution in [1.29, 1.82) is 0 Å².